The Kier molecular flexibility index (Phi) is 13.7. The van der Waals surface area contributed by atoms with Gasteiger partial charge in [0.25, 0.3) is 21.5 Å². The Bertz CT molecular complexity index is 2850. The highest BCUT2D eigenvalue weighted by Gasteiger charge is 2.34. The van der Waals surface area contributed by atoms with E-state index < -0.39 is 39.5 Å². The number of sulfonamides is 1. The van der Waals surface area contributed by atoms with Crippen LogP contribution < -0.4 is 30.4 Å². The molecule has 0 saturated heterocycles. The minimum atomic E-state index is -4.35. The molecular weight excluding hydrogens is 825 g/mol. The number of nitrogens with zero attached hydrogens (tertiary/aromatic N) is 5. The van der Waals surface area contributed by atoms with Gasteiger partial charge in [0.2, 0.25) is 5.91 Å². The van der Waals surface area contributed by atoms with Crippen molar-refractivity contribution in [1.29, 1.82) is 0 Å². The van der Waals surface area contributed by atoms with Crippen molar-refractivity contribution in [3.8, 4) is 11.5 Å². The van der Waals surface area contributed by atoms with Crippen LogP contribution in [-0.4, -0.2) is 71.1 Å². The number of anilines is 1. The molecule has 63 heavy (non-hydrogen) atoms. The molecule has 0 aliphatic carbocycles. The second-order valence-corrected chi connectivity index (χ2v) is 18.1. The first-order chi connectivity index (χ1) is 30.0. The van der Waals surface area contributed by atoms with E-state index in [2.05, 4.69) is 74.6 Å². The monoisotopic (exact) mass is 878 g/mol. The molecule has 332 valence electrons. The molecule has 2 aromatic heterocycles. The molecule has 0 bridgehead atoms. The van der Waals surface area contributed by atoms with Gasteiger partial charge in [0.05, 0.1) is 40.7 Å². The second kappa shape index (κ2) is 18.8. The Labute approximate surface area is 366 Å². The van der Waals surface area contributed by atoms with Crippen LogP contribution in [0.25, 0.3) is 21.9 Å². The fourth-order valence-electron chi connectivity index (χ4n) is 6.91. The lowest BCUT2D eigenvalue weighted by atomic mass is 9.76. The maximum atomic E-state index is 14.8. The lowest BCUT2D eigenvalue weighted by molar-refractivity contribution is -0.119. The molecular formula is C46H54N8O8S. The van der Waals surface area contributed by atoms with Crippen LogP contribution >= 0.6 is 0 Å². The van der Waals surface area contributed by atoms with Crippen LogP contribution in [0, 0.1) is 0 Å². The van der Waals surface area contributed by atoms with Gasteiger partial charge in [-0.3, -0.25) is 14.4 Å². The molecule has 0 radical (unpaired) electrons. The van der Waals surface area contributed by atoms with Gasteiger partial charge in [-0.05, 0) is 84.2 Å². The van der Waals surface area contributed by atoms with Crippen molar-refractivity contribution in [3.63, 3.8) is 0 Å². The Morgan fingerprint density at radius 1 is 0.841 bits per heavy atom. The molecule has 6 rings (SSSR count). The summed E-state index contributed by atoms with van der Waals surface area (Å²) in [5, 5.41) is 14.2. The van der Waals surface area contributed by atoms with Crippen molar-refractivity contribution in [2.45, 2.75) is 95.9 Å². The number of para-hydroxylation sites is 2. The van der Waals surface area contributed by atoms with Crippen LogP contribution in [0.4, 0.5) is 10.5 Å². The maximum absolute atomic E-state index is 14.8. The number of hydrogen-bond donors (Lipinski definition) is 3. The van der Waals surface area contributed by atoms with Crippen molar-refractivity contribution in [3.05, 3.63) is 112 Å². The smallest absolute Gasteiger partial charge is 0.330 e. The number of amides is 3. The third-order valence-corrected chi connectivity index (χ3v) is 12.9. The Hall–Kier alpha value is -6.62. The highest BCUT2D eigenvalue weighted by molar-refractivity contribution is 7.90. The van der Waals surface area contributed by atoms with Crippen molar-refractivity contribution >= 4 is 55.5 Å². The van der Waals surface area contributed by atoms with Crippen LogP contribution in [-0.2, 0) is 30.4 Å². The maximum Gasteiger partial charge on any atom is 0.330 e. The summed E-state index contributed by atoms with van der Waals surface area (Å²) in [6.45, 7) is 15.0. The van der Waals surface area contributed by atoms with Gasteiger partial charge in [-0.25, -0.2) is 32.2 Å². The van der Waals surface area contributed by atoms with Gasteiger partial charge in [-0.1, -0.05) is 90.1 Å². The summed E-state index contributed by atoms with van der Waals surface area (Å²) < 4.78 is 42.1. The summed E-state index contributed by atoms with van der Waals surface area (Å²) in [5.41, 5.74) is 2.30. The molecule has 0 saturated carbocycles. The summed E-state index contributed by atoms with van der Waals surface area (Å²) in [6, 6.07) is 20.7. The number of fused-ring (bicyclic) bond motifs is 2. The Balaban J connectivity index is 1.35. The Morgan fingerprint density at radius 2 is 1.52 bits per heavy atom. The summed E-state index contributed by atoms with van der Waals surface area (Å²) in [7, 11) is -3.02. The first-order valence-electron chi connectivity index (χ1n) is 20.9. The zero-order valence-corrected chi connectivity index (χ0v) is 37.6. The minimum Gasteiger partial charge on any atom is -0.495 e. The zero-order chi connectivity index (χ0) is 45.7. The van der Waals surface area contributed by atoms with Gasteiger partial charge in [0, 0.05) is 18.5 Å². The molecule has 0 spiro atoms. The second-order valence-electron chi connectivity index (χ2n) is 16.4. The van der Waals surface area contributed by atoms with Crippen LogP contribution in [0.2, 0.25) is 0 Å². The largest absolute Gasteiger partial charge is 0.495 e. The van der Waals surface area contributed by atoms with Gasteiger partial charge < -0.3 is 20.1 Å². The van der Waals surface area contributed by atoms with E-state index in [0.29, 0.717) is 17.5 Å². The number of hydrogen-bond acceptors (Lipinski definition) is 11. The van der Waals surface area contributed by atoms with Crippen molar-refractivity contribution in [2.75, 3.05) is 25.6 Å². The molecule has 2 heterocycles. The third kappa shape index (κ3) is 9.73. The molecule has 0 aliphatic rings. The molecule has 1 atom stereocenters. The van der Waals surface area contributed by atoms with Crippen LogP contribution in [0.5, 0.6) is 11.5 Å². The number of ether oxygens (including phenoxy) is 2. The van der Waals surface area contributed by atoms with Crippen LogP contribution in [0.1, 0.15) is 97.1 Å². The van der Waals surface area contributed by atoms with E-state index in [1.165, 1.54) is 42.5 Å². The Morgan fingerprint density at radius 3 is 2.22 bits per heavy atom. The van der Waals surface area contributed by atoms with Crippen LogP contribution in [0.15, 0.2) is 94.6 Å². The first-order valence-corrected chi connectivity index (χ1v) is 22.4. The van der Waals surface area contributed by atoms with Gasteiger partial charge >= 0.3 is 6.03 Å². The fraction of sp³-hybridized carbons (Fsp3) is 0.370. The van der Waals surface area contributed by atoms with Crippen molar-refractivity contribution in [2.24, 2.45) is 0 Å². The van der Waals surface area contributed by atoms with Gasteiger partial charge in [-0.15, -0.1) is 5.10 Å². The van der Waals surface area contributed by atoms with E-state index in [9.17, 15) is 27.6 Å². The molecule has 6 aromatic rings. The van der Waals surface area contributed by atoms with E-state index in [4.69, 9.17) is 14.5 Å². The number of nitrogens with one attached hydrogen (secondary N) is 3. The van der Waals surface area contributed by atoms with Crippen molar-refractivity contribution in [1.82, 2.24) is 34.6 Å². The number of carbonyl (C=O) groups excluding carboxylic acids is 3. The highest BCUT2D eigenvalue weighted by Crippen LogP contribution is 2.38. The zero-order valence-electron chi connectivity index (χ0n) is 36.8. The first kappa shape index (κ1) is 45.9. The fourth-order valence-corrected chi connectivity index (χ4v) is 7.99. The van der Waals surface area contributed by atoms with Crippen LogP contribution in [0.3, 0.4) is 0 Å². The molecule has 4 aromatic carbocycles. The van der Waals surface area contributed by atoms with Crippen molar-refractivity contribution < 1.29 is 32.3 Å². The van der Waals surface area contributed by atoms with E-state index in [1.54, 1.807) is 42.5 Å². The topological polar surface area (TPSA) is 206 Å². The quantitative estimate of drug-likeness (QED) is 0.0796. The molecule has 1 unspecified atom stereocenters. The van der Waals surface area contributed by atoms with E-state index in [0.717, 1.165) is 34.8 Å². The predicted octanol–water partition coefficient (Wildman–Crippen LogP) is 6.99. The number of benzene rings is 4. The highest BCUT2D eigenvalue weighted by atomic mass is 32.2. The molecule has 16 nitrogen and oxygen atoms in total. The minimum absolute atomic E-state index is 0.00786. The lowest BCUT2D eigenvalue weighted by Gasteiger charge is -2.30. The average Bonchev–Trinajstić information content (AvgIpc) is 3.69. The standard InChI is InChI=1S/C46H54N8O8S/c1-9-39(55)51-63(59,60)30-22-24-38(61-8)35(28-30)49-42(56)40(54-36-20-15-14-19-34(36)50-52-54)41-48-33-18-13-12-17-31(33)43(57)53(41)44(58)47-25-16-26-62-37-23-21-29(45(4,5)10-2)27-32(37)46(6,7)11-3/h12-15,17-24,27-28,40H,9-11,16,25-26H2,1-8H3,(H,47,58)(H,49,56)(H,51,55). The van der Waals surface area contributed by atoms with E-state index in [-0.39, 0.29) is 63.5 Å². The number of methoxy groups -OCH3 is 1. The van der Waals surface area contributed by atoms with E-state index >= 15 is 0 Å². The third-order valence-electron chi connectivity index (χ3n) is 11.5. The van der Waals surface area contributed by atoms with Gasteiger partial charge in [0.15, 0.2) is 11.9 Å². The predicted molar refractivity (Wildman–Crippen MR) is 241 cm³/mol. The molecule has 0 aliphatic heterocycles. The summed E-state index contributed by atoms with van der Waals surface area (Å²) in [6.07, 6.45) is 2.17. The normalized spacial score (nSPS) is 12.5. The average molecular weight is 879 g/mol. The number of carbonyl (C=O) groups is 3. The summed E-state index contributed by atoms with van der Waals surface area (Å²) >= 11 is 0. The number of aromatic nitrogens is 5. The molecule has 0 fully saturated rings. The summed E-state index contributed by atoms with van der Waals surface area (Å²) in [5.74, 6) is -1.08. The SMILES string of the molecule is CCC(=O)NS(=O)(=O)c1ccc(OC)c(NC(=O)C(c2nc3ccccc3c(=O)n2C(=O)NCCCOc2ccc(C(C)(C)CC)cc2C(C)(C)CC)n2nnc3ccccc32)c1. The number of rotatable bonds is 17. The molecule has 3 N–H and O–H groups in total. The van der Waals surface area contributed by atoms with Gasteiger partial charge in [-0.2, -0.15) is 0 Å². The van der Waals surface area contributed by atoms with E-state index in [1.807, 2.05) is 10.8 Å². The summed E-state index contributed by atoms with van der Waals surface area (Å²) in [4.78, 5) is 59.9. The molecule has 17 heteroatoms. The lowest BCUT2D eigenvalue weighted by Crippen LogP contribution is -2.43. The van der Waals surface area contributed by atoms with Gasteiger partial charge in [0.1, 0.15) is 17.0 Å². The molecule has 3 amide bonds.